The van der Waals surface area contributed by atoms with Crippen LogP contribution in [0.3, 0.4) is 0 Å². The summed E-state index contributed by atoms with van der Waals surface area (Å²) >= 11 is 4.72. The van der Waals surface area contributed by atoms with Gasteiger partial charge in [-0.1, -0.05) is 40.6 Å². The lowest BCUT2D eigenvalue weighted by atomic mass is 10.3. The molecule has 98 valence electrons. The summed E-state index contributed by atoms with van der Waals surface area (Å²) < 4.78 is 27.9. The van der Waals surface area contributed by atoms with E-state index in [0.717, 1.165) is 21.1 Å². The van der Waals surface area contributed by atoms with Gasteiger partial charge in [0.2, 0.25) is 10.0 Å². The summed E-state index contributed by atoms with van der Waals surface area (Å²) in [6.45, 7) is 1.96. The molecule has 18 heavy (non-hydrogen) atoms. The van der Waals surface area contributed by atoms with Gasteiger partial charge in [0.25, 0.3) is 0 Å². The molecule has 0 aliphatic heterocycles. The molecule has 2 rings (SSSR count). The number of sulfonamides is 1. The van der Waals surface area contributed by atoms with Crippen LogP contribution < -0.4 is 4.72 Å². The molecule has 0 bridgehead atoms. The molecule has 0 aliphatic carbocycles. The predicted octanol–water partition coefficient (Wildman–Crippen LogP) is 3.60. The SMILES string of the molecule is CCCCS(=O)(=O)Nc1nc2ccc(Br)cc2s1. The van der Waals surface area contributed by atoms with E-state index in [9.17, 15) is 8.42 Å². The van der Waals surface area contributed by atoms with Crippen LogP contribution in [0.5, 0.6) is 0 Å². The van der Waals surface area contributed by atoms with E-state index in [0.29, 0.717) is 11.6 Å². The van der Waals surface area contributed by atoms with Gasteiger partial charge in [-0.15, -0.1) is 0 Å². The first kappa shape index (κ1) is 13.8. The third-order valence-corrected chi connectivity index (χ3v) is 5.25. The second-order valence-corrected chi connectivity index (χ2v) is 7.69. The smallest absolute Gasteiger partial charge is 0.234 e. The molecule has 0 unspecified atom stereocenters. The maximum Gasteiger partial charge on any atom is 0.234 e. The van der Waals surface area contributed by atoms with Crippen LogP contribution >= 0.6 is 27.3 Å². The number of halogens is 1. The second-order valence-electron chi connectivity index (χ2n) is 3.91. The molecule has 1 aromatic heterocycles. The number of anilines is 1. The van der Waals surface area contributed by atoms with Gasteiger partial charge >= 0.3 is 0 Å². The summed E-state index contributed by atoms with van der Waals surface area (Å²) in [4.78, 5) is 4.25. The van der Waals surface area contributed by atoms with Gasteiger partial charge < -0.3 is 0 Å². The number of fused-ring (bicyclic) bond motifs is 1. The third-order valence-electron chi connectivity index (χ3n) is 2.36. The summed E-state index contributed by atoms with van der Waals surface area (Å²) in [5.41, 5.74) is 0.802. The highest BCUT2D eigenvalue weighted by Crippen LogP contribution is 2.29. The molecule has 0 amide bonds. The van der Waals surface area contributed by atoms with Gasteiger partial charge in [0.1, 0.15) is 0 Å². The van der Waals surface area contributed by atoms with Gasteiger partial charge in [-0.3, -0.25) is 4.72 Å². The standard InChI is InChI=1S/C11H13BrN2O2S2/c1-2-3-6-18(15,16)14-11-13-9-5-4-8(12)7-10(9)17-11/h4-5,7H,2-3,6H2,1H3,(H,13,14). The summed E-state index contributed by atoms with van der Waals surface area (Å²) in [5.74, 6) is 0.142. The average Bonchev–Trinajstić information content (AvgIpc) is 2.66. The fraction of sp³-hybridized carbons (Fsp3) is 0.364. The Bertz CT molecular complexity index is 652. The first-order valence-corrected chi connectivity index (χ1v) is 8.83. The van der Waals surface area contributed by atoms with Crippen molar-refractivity contribution in [1.29, 1.82) is 0 Å². The molecule has 0 spiro atoms. The van der Waals surface area contributed by atoms with Crippen molar-refractivity contribution in [3.8, 4) is 0 Å². The zero-order valence-electron chi connectivity index (χ0n) is 9.81. The molecule has 0 aliphatic rings. The van der Waals surface area contributed by atoms with E-state index in [1.807, 2.05) is 25.1 Å². The third kappa shape index (κ3) is 3.43. The molecule has 4 nitrogen and oxygen atoms in total. The minimum atomic E-state index is -3.27. The Morgan fingerprint density at radius 2 is 2.22 bits per heavy atom. The van der Waals surface area contributed by atoms with Crippen LogP contribution in [0, 0.1) is 0 Å². The van der Waals surface area contributed by atoms with Crippen molar-refractivity contribution in [2.24, 2.45) is 0 Å². The number of nitrogens with zero attached hydrogens (tertiary/aromatic N) is 1. The number of hydrogen-bond donors (Lipinski definition) is 1. The van der Waals surface area contributed by atoms with E-state index >= 15 is 0 Å². The van der Waals surface area contributed by atoms with Crippen molar-refractivity contribution < 1.29 is 8.42 Å². The van der Waals surface area contributed by atoms with E-state index in [-0.39, 0.29) is 5.75 Å². The Morgan fingerprint density at radius 3 is 2.94 bits per heavy atom. The molecule has 1 aromatic carbocycles. The molecule has 0 saturated carbocycles. The average molecular weight is 349 g/mol. The van der Waals surface area contributed by atoms with Crippen molar-refractivity contribution in [2.75, 3.05) is 10.5 Å². The zero-order valence-corrected chi connectivity index (χ0v) is 13.0. The van der Waals surface area contributed by atoms with E-state index in [4.69, 9.17) is 0 Å². The lowest BCUT2D eigenvalue weighted by Gasteiger charge is -2.02. The Hall–Kier alpha value is -0.660. The predicted molar refractivity (Wildman–Crippen MR) is 79.6 cm³/mol. The molecule has 0 radical (unpaired) electrons. The maximum absolute atomic E-state index is 11.7. The van der Waals surface area contributed by atoms with Crippen molar-refractivity contribution in [2.45, 2.75) is 19.8 Å². The summed E-state index contributed by atoms with van der Waals surface area (Å²) in [5, 5.41) is 0.430. The summed E-state index contributed by atoms with van der Waals surface area (Å²) in [6.07, 6.45) is 1.51. The van der Waals surface area contributed by atoms with Crippen LogP contribution in [0.1, 0.15) is 19.8 Å². The van der Waals surface area contributed by atoms with E-state index < -0.39 is 10.0 Å². The number of benzene rings is 1. The molecular weight excluding hydrogens is 336 g/mol. The normalized spacial score (nSPS) is 11.9. The molecular formula is C11H13BrN2O2S2. The number of thiazole rings is 1. The first-order chi connectivity index (χ1) is 8.50. The monoisotopic (exact) mass is 348 g/mol. The summed E-state index contributed by atoms with van der Waals surface area (Å²) in [7, 11) is -3.27. The fourth-order valence-electron chi connectivity index (χ4n) is 1.46. The topological polar surface area (TPSA) is 59.1 Å². The van der Waals surface area contributed by atoms with Crippen LogP contribution in [0.2, 0.25) is 0 Å². The summed E-state index contributed by atoms with van der Waals surface area (Å²) in [6, 6.07) is 5.67. The van der Waals surface area contributed by atoms with Gasteiger partial charge in [0.05, 0.1) is 16.0 Å². The molecule has 0 saturated heterocycles. The molecule has 0 fully saturated rings. The highest BCUT2D eigenvalue weighted by Gasteiger charge is 2.12. The van der Waals surface area contributed by atoms with Crippen LogP contribution in [0.15, 0.2) is 22.7 Å². The number of aromatic nitrogens is 1. The van der Waals surface area contributed by atoms with Gasteiger partial charge in [0.15, 0.2) is 5.13 Å². The Balaban J connectivity index is 2.22. The molecule has 2 aromatic rings. The van der Waals surface area contributed by atoms with Gasteiger partial charge in [-0.05, 0) is 24.6 Å². The Labute approximate surface area is 119 Å². The number of unbranched alkanes of at least 4 members (excludes halogenated alkanes) is 1. The molecule has 1 heterocycles. The van der Waals surface area contributed by atoms with Crippen molar-refractivity contribution in [1.82, 2.24) is 4.98 Å². The van der Waals surface area contributed by atoms with Gasteiger partial charge in [-0.2, -0.15) is 0 Å². The first-order valence-electron chi connectivity index (χ1n) is 5.57. The number of hydrogen-bond acceptors (Lipinski definition) is 4. The quantitative estimate of drug-likeness (QED) is 0.897. The second kappa shape index (κ2) is 5.54. The van der Waals surface area contributed by atoms with Crippen molar-refractivity contribution >= 4 is 52.6 Å². The van der Waals surface area contributed by atoms with Crippen LogP contribution in [-0.2, 0) is 10.0 Å². The zero-order chi connectivity index (χ0) is 13.2. The highest BCUT2D eigenvalue weighted by molar-refractivity contribution is 9.10. The lowest BCUT2D eigenvalue weighted by Crippen LogP contribution is -2.16. The van der Waals surface area contributed by atoms with Crippen LogP contribution in [0.25, 0.3) is 10.2 Å². The Morgan fingerprint density at radius 1 is 1.44 bits per heavy atom. The van der Waals surface area contributed by atoms with E-state index in [1.54, 1.807) is 0 Å². The lowest BCUT2D eigenvalue weighted by molar-refractivity contribution is 0.598. The van der Waals surface area contributed by atoms with Gasteiger partial charge in [0, 0.05) is 4.47 Å². The minimum absolute atomic E-state index is 0.142. The van der Waals surface area contributed by atoms with Crippen molar-refractivity contribution in [3.05, 3.63) is 22.7 Å². The number of rotatable bonds is 5. The van der Waals surface area contributed by atoms with Crippen LogP contribution in [-0.4, -0.2) is 19.2 Å². The minimum Gasteiger partial charge on any atom is -0.259 e. The fourth-order valence-corrected chi connectivity index (χ4v) is 4.36. The van der Waals surface area contributed by atoms with Crippen molar-refractivity contribution in [3.63, 3.8) is 0 Å². The molecule has 0 atom stereocenters. The van der Waals surface area contributed by atoms with Gasteiger partial charge in [-0.25, -0.2) is 13.4 Å². The maximum atomic E-state index is 11.7. The van der Waals surface area contributed by atoms with E-state index in [2.05, 4.69) is 25.6 Å². The Kier molecular flexibility index (Phi) is 4.24. The molecule has 1 N–H and O–H groups in total. The van der Waals surface area contributed by atoms with E-state index in [1.165, 1.54) is 11.3 Å². The highest BCUT2D eigenvalue weighted by atomic mass is 79.9. The number of nitrogens with one attached hydrogen (secondary N) is 1. The van der Waals surface area contributed by atoms with Crippen LogP contribution in [0.4, 0.5) is 5.13 Å². The molecule has 7 heteroatoms. The largest absolute Gasteiger partial charge is 0.259 e.